The summed E-state index contributed by atoms with van der Waals surface area (Å²) in [4.78, 5) is 27.7. The number of nitrogens with one attached hydrogen (secondary N) is 1. The zero-order valence-corrected chi connectivity index (χ0v) is 21.1. The predicted octanol–water partition coefficient (Wildman–Crippen LogP) is 4.48. The first kappa shape index (κ1) is 25.6. The number of hydrogen-bond acceptors (Lipinski definition) is 6. The third kappa shape index (κ3) is 6.73. The molecular formula is C27H37N3O4. The lowest BCUT2D eigenvalue weighted by Gasteiger charge is -2.37. The predicted molar refractivity (Wildman–Crippen MR) is 136 cm³/mol. The highest BCUT2D eigenvalue weighted by molar-refractivity contribution is 5.92. The molecule has 34 heavy (non-hydrogen) atoms. The van der Waals surface area contributed by atoms with Crippen molar-refractivity contribution in [2.75, 3.05) is 49.5 Å². The van der Waals surface area contributed by atoms with Crippen LogP contribution in [0.25, 0.3) is 0 Å². The second-order valence-corrected chi connectivity index (χ2v) is 8.95. The molecule has 0 aromatic heterocycles. The maximum absolute atomic E-state index is 11.5. The lowest BCUT2D eigenvalue weighted by molar-refractivity contribution is -0.132. The van der Waals surface area contributed by atoms with Crippen LogP contribution in [0.2, 0.25) is 0 Å². The summed E-state index contributed by atoms with van der Waals surface area (Å²) in [7, 11) is 0. The van der Waals surface area contributed by atoms with E-state index in [1.165, 1.54) is 6.92 Å². The lowest BCUT2D eigenvalue weighted by Crippen LogP contribution is -2.46. The van der Waals surface area contributed by atoms with Gasteiger partial charge in [-0.3, -0.25) is 14.5 Å². The number of amides is 1. The number of piperazine rings is 1. The number of anilines is 2. The molecule has 1 fully saturated rings. The Bertz CT molecular complexity index is 1010. The smallest absolute Gasteiger partial charge is 0.308 e. The minimum absolute atomic E-state index is 0.0471. The maximum atomic E-state index is 11.5. The SMILES string of the molecule is CC(=O)Nc1ccccc1N1CCN(CCCCOc2cc(C)c(OC(C)=O)c(C)c2C)CC1. The molecule has 0 unspecified atom stereocenters. The lowest BCUT2D eigenvalue weighted by atomic mass is 10.0. The molecule has 1 aliphatic rings. The van der Waals surface area contributed by atoms with Crippen molar-refractivity contribution in [3.8, 4) is 11.5 Å². The number of para-hydroxylation sites is 2. The van der Waals surface area contributed by atoms with E-state index in [0.717, 1.165) is 79.4 Å². The van der Waals surface area contributed by atoms with Crippen molar-refractivity contribution in [2.45, 2.75) is 47.5 Å². The first-order valence-corrected chi connectivity index (χ1v) is 12.0. The van der Waals surface area contributed by atoms with Gasteiger partial charge < -0.3 is 19.7 Å². The normalized spacial score (nSPS) is 14.1. The van der Waals surface area contributed by atoms with Crippen LogP contribution in [-0.4, -0.2) is 56.1 Å². The van der Waals surface area contributed by atoms with Gasteiger partial charge in [-0.25, -0.2) is 0 Å². The summed E-state index contributed by atoms with van der Waals surface area (Å²) in [6.07, 6.45) is 2.06. The van der Waals surface area contributed by atoms with E-state index in [4.69, 9.17) is 9.47 Å². The summed E-state index contributed by atoms with van der Waals surface area (Å²) in [5.41, 5.74) is 4.83. The molecule has 7 heteroatoms. The molecule has 0 bridgehead atoms. The topological polar surface area (TPSA) is 71.1 Å². The summed E-state index contributed by atoms with van der Waals surface area (Å²) < 4.78 is 11.4. The maximum Gasteiger partial charge on any atom is 0.308 e. The van der Waals surface area contributed by atoms with Crippen molar-refractivity contribution < 1.29 is 19.1 Å². The molecular weight excluding hydrogens is 430 g/mol. The molecule has 0 atom stereocenters. The fourth-order valence-electron chi connectivity index (χ4n) is 4.35. The van der Waals surface area contributed by atoms with Gasteiger partial charge in [-0.2, -0.15) is 0 Å². The first-order valence-electron chi connectivity index (χ1n) is 12.0. The number of nitrogens with zero attached hydrogens (tertiary/aromatic N) is 2. The fourth-order valence-corrected chi connectivity index (χ4v) is 4.35. The number of ether oxygens (including phenoxy) is 2. The number of unbranched alkanes of at least 4 members (excludes halogenated alkanes) is 1. The Labute approximate surface area is 203 Å². The van der Waals surface area contributed by atoms with E-state index in [9.17, 15) is 9.59 Å². The second-order valence-electron chi connectivity index (χ2n) is 8.95. The van der Waals surface area contributed by atoms with E-state index in [0.29, 0.717) is 12.4 Å². The average Bonchev–Trinajstić information content (AvgIpc) is 2.80. The Morgan fingerprint density at radius 3 is 2.35 bits per heavy atom. The molecule has 1 N–H and O–H groups in total. The Kier molecular flexibility index (Phi) is 8.93. The zero-order chi connectivity index (χ0) is 24.7. The summed E-state index contributed by atoms with van der Waals surface area (Å²) >= 11 is 0. The minimum Gasteiger partial charge on any atom is -0.493 e. The Hall–Kier alpha value is -3.06. The Morgan fingerprint density at radius 2 is 1.68 bits per heavy atom. The van der Waals surface area contributed by atoms with Crippen LogP contribution in [0.1, 0.15) is 43.4 Å². The van der Waals surface area contributed by atoms with Crippen molar-refractivity contribution in [3.63, 3.8) is 0 Å². The Morgan fingerprint density at radius 1 is 0.971 bits per heavy atom. The number of rotatable bonds is 9. The third-order valence-electron chi connectivity index (χ3n) is 6.28. The van der Waals surface area contributed by atoms with Crippen LogP contribution in [0, 0.1) is 20.8 Å². The molecule has 7 nitrogen and oxygen atoms in total. The molecule has 184 valence electrons. The van der Waals surface area contributed by atoms with E-state index in [2.05, 4.69) is 21.2 Å². The van der Waals surface area contributed by atoms with Crippen molar-refractivity contribution in [1.29, 1.82) is 0 Å². The molecule has 0 radical (unpaired) electrons. The highest BCUT2D eigenvalue weighted by Gasteiger charge is 2.19. The van der Waals surface area contributed by atoms with Crippen molar-refractivity contribution in [3.05, 3.63) is 47.0 Å². The number of benzene rings is 2. The second kappa shape index (κ2) is 11.9. The molecule has 1 amide bonds. The average molecular weight is 468 g/mol. The molecule has 1 heterocycles. The summed E-state index contributed by atoms with van der Waals surface area (Å²) in [5.74, 6) is 1.14. The van der Waals surface area contributed by atoms with Crippen LogP contribution in [-0.2, 0) is 9.59 Å². The number of carbonyl (C=O) groups is 2. The van der Waals surface area contributed by atoms with Crippen LogP contribution >= 0.6 is 0 Å². The van der Waals surface area contributed by atoms with E-state index in [1.807, 2.05) is 45.0 Å². The highest BCUT2D eigenvalue weighted by Crippen LogP contribution is 2.33. The van der Waals surface area contributed by atoms with Crippen LogP contribution < -0.4 is 19.7 Å². The van der Waals surface area contributed by atoms with Gasteiger partial charge >= 0.3 is 5.97 Å². The number of hydrogen-bond donors (Lipinski definition) is 1. The van der Waals surface area contributed by atoms with Gasteiger partial charge in [0, 0.05) is 40.0 Å². The van der Waals surface area contributed by atoms with Crippen LogP contribution in [0.4, 0.5) is 11.4 Å². The Balaban J connectivity index is 1.42. The largest absolute Gasteiger partial charge is 0.493 e. The molecule has 1 aliphatic heterocycles. The van der Waals surface area contributed by atoms with E-state index in [-0.39, 0.29) is 11.9 Å². The number of carbonyl (C=O) groups excluding carboxylic acids is 2. The quantitative estimate of drug-likeness (QED) is 0.333. The van der Waals surface area contributed by atoms with Gasteiger partial charge in [0.05, 0.1) is 18.0 Å². The first-order chi connectivity index (χ1) is 16.3. The van der Waals surface area contributed by atoms with Crippen LogP contribution in [0.15, 0.2) is 30.3 Å². The molecule has 3 rings (SSSR count). The molecule has 0 saturated carbocycles. The van der Waals surface area contributed by atoms with Crippen molar-refractivity contribution in [2.24, 2.45) is 0 Å². The molecule has 0 spiro atoms. The van der Waals surface area contributed by atoms with E-state index < -0.39 is 0 Å². The van der Waals surface area contributed by atoms with Gasteiger partial charge in [0.25, 0.3) is 0 Å². The van der Waals surface area contributed by atoms with Gasteiger partial charge in [0.1, 0.15) is 11.5 Å². The van der Waals surface area contributed by atoms with Gasteiger partial charge in [-0.05, 0) is 75.0 Å². The van der Waals surface area contributed by atoms with Gasteiger partial charge in [0.15, 0.2) is 0 Å². The summed E-state index contributed by atoms with van der Waals surface area (Å²) in [6, 6.07) is 9.95. The van der Waals surface area contributed by atoms with Crippen LogP contribution in [0.3, 0.4) is 0 Å². The van der Waals surface area contributed by atoms with Gasteiger partial charge in [0.2, 0.25) is 5.91 Å². The minimum atomic E-state index is -0.308. The third-order valence-corrected chi connectivity index (χ3v) is 6.28. The van der Waals surface area contributed by atoms with E-state index >= 15 is 0 Å². The molecule has 1 saturated heterocycles. The van der Waals surface area contributed by atoms with Crippen molar-refractivity contribution >= 4 is 23.3 Å². The monoisotopic (exact) mass is 467 g/mol. The van der Waals surface area contributed by atoms with Crippen LogP contribution in [0.5, 0.6) is 11.5 Å². The standard InChI is InChI=1S/C27H37N3O4/c1-19-18-26(20(2)21(3)27(19)34-23(5)32)33-17-9-8-12-29-13-15-30(16-14-29)25-11-7-6-10-24(25)28-22(4)31/h6-7,10-11,18H,8-9,12-17H2,1-5H3,(H,28,31). The zero-order valence-electron chi connectivity index (χ0n) is 21.1. The number of esters is 1. The highest BCUT2D eigenvalue weighted by atomic mass is 16.5. The van der Waals surface area contributed by atoms with Gasteiger partial charge in [-0.15, -0.1) is 0 Å². The number of aryl methyl sites for hydroxylation is 1. The van der Waals surface area contributed by atoms with E-state index in [1.54, 1.807) is 6.92 Å². The molecule has 2 aromatic carbocycles. The molecule has 2 aromatic rings. The fraction of sp³-hybridized carbons (Fsp3) is 0.481. The molecule has 0 aliphatic carbocycles. The van der Waals surface area contributed by atoms with Gasteiger partial charge in [-0.1, -0.05) is 12.1 Å². The summed E-state index contributed by atoms with van der Waals surface area (Å²) in [5, 5.41) is 2.94. The summed E-state index contributed by atoms with van der Waals surface area (Å²) in [6.45, 7) is 14.5. The van der Waals surface area contributed by atoms with Crippen molar-refractivity contribution in [1.82, 2.24) is 4.90 Å².